The highest BCUT2D eigenvalue weighted by Crippen LogP contribution is 2.16. The first kappa shape index (κ1) is 17.0. The third kappa shape index (κ3) is 5.13. The Morgan fingerprint density at radius 3 is 2.55 bits per heavy atom. The molecule has 0 saturated carbocycles. The number of ether oxygens (including phenoxy) is 1. The Kier molecular flexibility index (Phi) is 6.49. The Morgan fingerprint density at radius 1 is 1.40 bits per heavy atom. The molecule has 5 heteroatoms. The number of carbonyl (C=O) groups is 1. The summed E-state index contributed by atoms with van der Waals surface area (Å²) < 4.78 is 6.61. The Morgan fingerprint density at radius 2 is 2.00 bits per heavy atom. The van der Waals surface area contributed by atoms with Crippen LogP contribution in [0.15, 0.2) is 28.7 Å². The van der Waals surface area contributed by atoms with Crippen LogP contribution in [0.4, 0.5) is 0 Å². The Labute approximate surface area is 129 Å². The number of likely N-dealkylation sites (N-methyl/N-ethyl adjacent to an activating group) is 1. The smallest absolute Gasteiger partial charge is 0.242 e. The highest BCUT2D eigenvalue weighted by molar-refractivity contribution is 9.10. The first-order chi connectivity index (χ1) is 9.36. The van der Waals surface area contributed by atoms with E-state index in [1.807, 2.05) is 31.2 Å². The normalized spacial score (nSPS) is 13.7. The zero-order valence-electron chi connectivity index (χ0n) is 12.4. The van der Waals surface area contributed by atoms with E-state index in [9.17, 15) is 4.79 Å². The summed E-state index contributed by atoms with van der Waals surface area (Å²) >= 11 is 3.37. The second kappa shape index (κ2) is 7.64. The van der Waals surface area contributed by atoms with Gasteiger partial charge in [-0.2, -0.15) is 0 Å². The van der Waals surface area contributed by atoms with Crippen LogP contribution in [-0.4, -0.2) is 36.5 Å². The minimum atomic E-state index is -0.791. The molecule has 1 unspecified atom stereocenters. The summed E-state index contributed by atoms with van der Waals surface area (Å²) in [6, 6.07) is 7.61. The summed E-state index contributed by atoms with van der Waals surface area (Å²) in [6.07, 6.45) is 1.58. The van der Waals surface area contributed by atoms with Gasteiger partial charge in [0.25, 0.3) is 0 Å². The topological polar surface area (TPSA) is 55.6 Å². The number of benzene rings is 1. The SMILES string of the molecule is CCCC(C)(N)C(=O)N(C)CCOc1ccc(Br)cc1. The number of nitrogens with two attached hydrogens (primary N) is 1. The minimum absolute atomic E-state index is 0.0428. The molecular weight excluding hydrogens is 320 g/mol. The molecule has 0 aliphatic rings. The third-order valence-corrected chi connectivity index (χ3v) is 3.64. The molecule has 0 spiro atoms. The van der Waals surface area contributed by atoms with Crippen molar-refractivity contribution in [2.24, 2.45) is 5.73 Å². The van der Waals surface area contributed by atoms with E-state index in [2.05, 4.69) is 15.9 Å². The summed E-state index contributed by atoms with van der Waals surface area (Å²) in [5, 5.41) is 0. The zero-order valence-corrected chi connectivity index (χ0v) is 13.9. The lowest BCUT2D eigenvalue weighted by molar-refractivity contribution is -0.135. The molecule has 0 bridgehead atoms. The van der Waals surface area contributed by atoms with E-state index >= 15 is 0 Å². The van der Waals surface area contributed by atoms with Crippen LogP contribution in [0.1, 0.15) is 26.7 Å². The van der Waals surface area contributed by atoms with Crippen molar-refractivity contribution in [1.29, 1.82) is 0 Å². The van der Waals surface area contributed by atoms with E-state index in [-0.39, 0.29) is 5.91 Å². The number of halogens is 1. The van der Waals surface area contributed by atoms with Crippen molar-refractivity contribution in [3.63, 3.8) is 0 Å². The molecule has 1 rings (SSSR count). The van der Waals surface area contributed by atoms with E-state index in [4.69, 9.17) is 10.5 Å². The quantitative estimate of drug-likeness (QED) is 0.828. The maximum Gasteiger partial charge on any atom is 0.242 e. The van der Waals surface area contributed by atoms with Crippen molar-refractivity contribution in [3.8, 4) is 5.75 Å². The van der Waals surface area contributed by atoms with Crippen LogP contribution < -0.4 is 10.5 Å². The number of hydrogen-bond acceptors (Lipinski definition) is 3. The van der Waals surface area contributed by atoms with Crippen molar-refractivity contribution < 1.29 is 9.53 Å². The molecule has 4 nitrogen and oxygen atoms in total. The molecule has 1 amide bonds. The van der Waals surface area contributed by atoms with Gasteiger partial charge in [-0.15, -0.1) is 0 Å². The van der Waals surface area contributed by atoms with Crippen LogP contribution in [-0.2, 0) is 4.79 Å². The van der Waals surface area contributed by atoms with Crippen LogP contribution in [0.25, 0.3) is 0 Å². The first-order valence-electron chi connectivity index (χ1n) is 6.79. The molecule has 0 aromatic heterocycles. The van der Waals surface area contributed by atoms with Gasteiger partial charge >= 0.3 is 0 Å². The van der Waals surface area contributed by atoms with Gasteiger partial charge in [0.1, 0.15) is 12.4 Å². The molecule has 1 atom stereocenters. The standard InChI is InChI=1S/C15H23BrN2O2/c1-4-9-15(2,17)14(19)18(3)10-11-20-13-7-5-12(16)6-8-13/h5-8H,4,9-11,17H2,1-3H3. The van der Waals surface area contributed by atoms with Crippen LogP contribution >= 0.6 is 15.9 Å². The van der Waals surface area contributed by atoms with E-state index < -0.39 is 5.54 Å². The fourth-order valence-electron chi connectivity index (χ4n) is 2.00. The lowest BCUT2D eigenvalue weighted by Crippen LogP contribution is -2.52. The van der Waals surface area contributed by atoms with Gasteiger partial charge in [0.05, 0.1) is 12.1 Å². The van der Waals surface area contributed by atoms with Crippen molar-refractivity contribution in [1.82, 2.24) is 4.90 Å². The molecule has 0 aliphatic carbocycles. The maximum atomic E-state index is 12.2. The van der Waals surface area contributed by atoms with Crippen LogP contribution in [0, 0.1) is 0 Å². The second-order valence-corrected chi connectivity index (χ2v) is 6.11. The van der Waals surface area contributed by atoms with Gasteiger partial charge in [0.15, 0.2) is 0 Å². The number of amides is 1. The Balaban J connectivity index is 2.41. The number of rotatable bonds is 7. The average molecular weight is 343 g/mol. The van der Waals surface area contributed by atoms with Gasteiger partial charge < -0.3 is 15.4 Å². The highest BCUT2D eigenvalue weighted by atomic mass is 79.9. The van der Waals surface area contributed by atoms with E-state index in [1.54, 1.807) is 18.9 Å². The summed E-state index contributed by atoms with van der Waals surface area (Å²) in [6.45, 7) is 4.78. The van der Waals surface area contributed by atoms with E-state index in [0.717, 1.165) is 16.6 Å². The molecular formula is C15H23BrN2O2. The van der Waals surface area contributed by atoms with Crippen molar-refractivity contribution in [2.45, 2.75) is 32.2 Å². The second-order valence-electron chi connectivity index (χ2n) is 5.20. The summed E-state index contributed by atoms with van der Waals surface area (Å²) in [5.41, 5.74) is 5.24. The number of nitrogens with zero attached hydrogens (tertiary/aromatic N) is 1. The number of carbonyl (C=O) groups excluding carboxylic acids is 1. The van der Waals surface area contributed by atoms with Gasteiger partial charge in [0.2, 0.25) is 5.91 Å². The van der Waals surface area contributed by atoms with Gasteiger partial charge in [-0.25, -0.2) is 0 Å². The van der Waals surface area contributed by atoms with Crippen molar-refractivity contribution in [2.75, 3.05) is 20.2 Å². The van der Waals surface area contributed by atoms with Gasteiger partial charge in [-0.05, 0) is 37.6 Å². The summed E-state index contributed by atoms with van der Waals surface area (Å²) in [5.74, 6) is 0.747. The molecule has 112 valence electrons. The molecule has 2 N–H and O–H groups in total. The van der Waals surface area contributed by atoms with E-state index in [1.165, 1.54) is 0 Å². The fraction of sp³-hybridized carbons (Fsp3) is 0.533. The van der Waals surface area contributed by atoms with Crippen molar-refractivity contribution >= 4 is 21.8 Å². The Hall–Kier alpha value is -1.07. The molecule has 1 aromatic carbocycles. The summed E-state index contributed by atoms with van der Waals surface area (Å²) in [7, 11) is 1.76. The van der Waals surface area contributed by atoms with Crippen LogP contribution in [0.3, 0.4) is 0 Å². The molecule has 0 fully saturated rings. The minimum Gasteiger partial charge on any atom is -0.492 e. The maximum absolute atomic E-state index is 12.2. The molecule has 1 aromatic rings. The predicted molar refractivity (Wildman–Crippen MR) is 84.8 cm³/mol. The van der Waals surface area contributed by atoms with Gasteiger partial charge in [-0.3, -0.25) is 4.79 Å². The van der Waals surface area contributed by atoms with Crippen molar-refractivity contribution in [3.05, 3.63) is 28.7 Å². The van der Waals surface area contributed by atoms with E-state index in [0.29, 0.717) is 19.6 Å². The molecule has 0 saturated heterocycles. The highest BCUT2D eigenvalue weighted by Gasteiger charge is 2.29. The summed E-state index contributed by atoms with van der Waals surface area (Å²) in [4.78, 5) is 13.8. The lowest BCUT2D eigenvalue weighted by atomic mass is 9.96. The molecule has 0 heterocycles. The largest absolute Gasteiger partial charge is 0.492 e. The first-order valence-corrected chi connectivity index (χ1v) is 7.59. The predicted octanol–water partition coefficient (Wildman–Crippen LogP) is 2.80. The molecule has 0 radical (unpaired) electrons. The Bertz CT molecular complexity index is 432. The van der Waals surface area contributed by atoms with Gasteiger partial charge in [-0.1, -0.05) is 29.3 Å². The fourth-order valence-corrected chi connectivity index (χ4v) is 2.26. The average Bonchev–Trinajstić information content (AvgIpc) is 2.40. The third-order valence-electron chi connectivity index (χ3n) is 3.11. The zero-order chi connectivity index (χ0) is 15.2. The van der Waals surface area contributed by atoms with Crippen LogP contribution in [0.5, 0.6) is 5.75 Å². The molecule has 20 heavy (non-hydrogen) atoms. The van der Waals surface area contributed by atoms with Crippen LogP contribution in [0.2, 0.25) is 0 Å². The molecule has 0 aliphatic heterocycles. The number of hydrogen-bond donors (Lipinski definition) is 1. The monoisotopic (exact) mass is 342 g/mol. The lowest BCUT2D eigenvalue weighted by Gasteiger charge is -2.28. The van der Waals surface area contributed by atoms with Gasteiger partial charge in [0, 0.05) is 11.5 Å².